The van der Waals surface area contributed by atoms with Crippen LogP contribution in [0.4, 0.5) is 5.69 Å². The molecule has 0 radical (unpaired) electrons. The Kier molecular flexibility index (Phi) is 3.07. The van der Waals surface area contributed by atoms with Gasteiger partial charge in [0, 0.05) is 18.8 Å². The average Bonchev–Trinajstić information content (AvgIpc) is 3.15. The first-order valence-corrected chi connectivity index (χ1v) is 7.96. The Labute approximate surface area is 126 Å². The van der Waals surface area contributed by atoms with Crippen LogP contribution in [0.3, 0.4) is 0 Å². The van der Waals surface area contributed by atoms with Crippen molar-refractivity contribution in [2.24, 2.45) is 0 Å². The average molecular weight is 275 g/mol. The lowest BCUT2D eigenvalue weighted by Gasteiger charge is -2.18. The van der Waals surface area contributed by atoms with E-state index in [9.17, 15) is 0 Å². The first-order chi connectivity index (χ1) is 10.3. The highest BCUT2D eigenvalue weighted by molar-refractivity contribution is 5.81. The second-order valence-electron chi connectivity index (χ2n) is 6.29. The molecular weight excluding hydrogens is 254 g/mol. The van der Waals surface area contributed by atoms with Crippen molar-refractivity contribution in [3.8, 4) is 11.1 Å². The lowest BCUT2D eigenvalue weighted by Crippen LogP contribution is -2.17. The van der Waals surface area contributed by atoms with Gasteiger partial charge in [0.25, 0.3) is 0 Å². The van der Waals surface area contributed by atoms with Crippen molar-refractivity contribution >= 4 is 11.8 Å². The molecule has 106 valence electrons. The minimum Gasteiger partial charge on any atom is -0.372 e. The lowest BCUT2D eigenvalue weighted by atomic mass is 9.97. The topological polar surface area (TPSA) is 3.24 Å². The number of benzene rings is 2. The molecular formula is C20H21N. The fraction of sp³-hybridized carbons (Fsp3) is 0.300. The number of rotatable bonds is 2. The van der Waals surface area contributed by atoms with E-state index in [1.54, 1.807) is 0 Å². The Balaban J connectivity index is 1.70. The smallest absolute Gasteiger partial charge is 0.0366 e. The summed E-state index contributed by atoms with van der Waals surface area (Å²) in [5.41, 5.74) is 8.43. The predicted octanol–water partition coefficient (Wildman–Crippen LogP) is 4.91. The molecule has 1 aliphatic carbocycles. The minimum absolute atomic E-state index is 1.11. The van der Waals surface area contributed by atoms with E-state index in [2.05, 4.69) is 60.4 Å². The van der Waals surface area contributed by atoms with Crippen LogP contribution in [0, 0.1) is 0 Å². The second-order valence-corrected chi connectivity index (χ2v) is 6.29. The molecule has 0 amide bonds. The van der Waals surface area contributed by atoms with Gasteiger partial charge >= 0.3 is 0 Å². The van der Waals surface area contributed by atoms with Crippen LogP contribution < -0.4 is 4.90 Å². The molecule has 0 spiro atoms. The van der Waals surface area contributed by atoms with E-state index in [4.69, 9.17) is 0 Å². The van der Waals surface area contributed by atoms with E-state index < -0.39 is 0 Å². The van der Waals surface area contributed by atoms with Crippen LogP contribution in [0.5, 0.6) is 0 Å². The Morgan fingerprint density at radius 1 is 0.905 bits per heavy atom. The van der Waals surface area contributed by atoms with Gasteiger partial charge in [-0.2, -0.15) is 0 Å². The van der Waals surface area contributed by atoms with Gasteiger partial charge in [-0.15, -0.1) is 0 Å². The van der Waals surface area contributed by atoms with E-state index in [1.165, 1.54) is 59.4 Å². The molecule has 0 aromatic heterocycles. The molecule has 21 heavy (non-hydrogen) atoms. The zero-order chi connectivity index (χ0) is 14.2. The monoisotopic (exact) mass is 275 g/mol. The third kappa shape index (κ3) is 2.27. The molecule has 0 unspecified atom stereocenters. The molecule has 0 saturated carbocycles. The summed E-state index contributed by atoms with van der Waals surface area (Å²) in [7, 11) is 0. The summed E-state index contributed by atoms with van der Waals surface area (Å²) in [5, 5.41) is 0. The third-order valence-electron chi connectivity index (χ3n) is 4.71. The fourth-order valence-corrected chi connectivity index (χ4v) is 3.61. The Hall–Kier alpha value is -2.02. The van der Waals surface area contributed by atoms with Crippen LogP contribution >= 0.6 is 0 Å². The van der Waals surface area contributed by atoms with E-state index in [0.717, 1.165) is 6.42 Å². The number of hydrogen-bond donors (Lipinski definition) is 0. The fourth-order valence-electron chi connectivity index (χ4n) is 3.61. The maximum Gasteiger partial charge on any atom is 0.0366 e. The van der Waals surface area contributed by atoms with Gasteiger partial charge < -0.3 is 4.90 Å². The Morgan fingerprint density at radius 2 is 1.67 bits per heavy atom. The van der Waals surface area contributed by atoms with Gasteiger partial charge in [-0.25, -0.2) is 0 Å². The molecule has 1 saturated heterocycles. The number of fused-ring (bicyclic) bond motifs is 1. The summed E-state index contributed by atoms with van der Waals surface area (Å²) < 4.78 is 0. The Morgan fingerprint density at radius 3 is 2.43 bits per heavy atom. The molecule has 1 heteroatoms. The highest BCUT2D eigenvalue weighted by Crippen LogP contribution is 2.34. The summed E-state index contributed by atoms with van der Waals surface area (Å²) in [5.74, 6) is 0. The summed E-state index contributed by atoms with van der Waals surface area (Å²) in [4.78, 5) is 2.49. The first-order valence-electron chi connectivity index (χ1n) is 7.96. The maximum absolute atomic E-state index is 2.49. The van der Waals surface area contributed by atoms with Crippen LogP contribution in [0.2, 0.25) is 0 Å². The van der Waals surface area contributed by atoms with Crippen molar-refractivity contribution in [2.45, 2.75) is 26.2 Å². The van der Waals surface area contributed by atoms with Crippen LogP contribution in [0.25, 0.3) is 17.2 Å². The molecule has 1 heterocycles. The first kappa shape index (κ1) is 12.7. The molecule has 2 aliphatic rings. The summed E-state index contributed by atoms with van der Waals surface area (Å²) in [6.07, 6.45) is 6.12. The van der Waals surface area contributed by atoms with Crippen molar-refractivity contribution in [1.29, 1.82) is 0 Å². The molecule has 1 fully saturated rings. The van der Waals surface area contributed by atoms with Crippen molar-refractivity contribution in [3.05, 3.63) is 59.2 Å². The van der Waals surface area contributed by atoms with E-state index >= 15 is 0 Å². The molecule has 1 aliphatic heterocycles. The predicted molar refractivity (Wildman–Crippen MR) is 90.7 cm³/mol. The van der Waals surface area contributed by atoms with Crippen molar-refractivity contribution < 1.29 is 0 Å². The quantitative estimate of drug-likeness (QED) is 0.752. The van der Waals surface area contributed by atoms with Gasteiger partial charge in [-0.1, -0.05) is 42.0 Å². The second kappa shape index (κ2) is 5.07. The molecule has 4 rings (SSSR count). The zero-order valence-electron chi connectivity index (χ0n) is 12.6. The zero-order valence-corrected chi connectivity index (χ0v) is 12.6. The van der Waals surface area contributed by atoms with E-state index in [1.807, 2.05) is 0 Å². The minimum atomic E-state index is 1.11. The summed E-state index contributed by atoms with van der Waals surface area (Å²) in [6.45, 7) is 4.64. The third-order valence-corrected chi connectivity index (χ3v) is 4.71. The summed E-state index contributed by atoms with van der Waals surface area (Å²) >= 11 is 0. The van der Waals surface area contributed by atoms with Gasteiger partial charge in [-0.3, -0.25) is 0 Å². The number of nitrogens with zero attached hydrogens (tertiary/aromatic N) is 1. The van der Waals surface area contributed by atoms with Gasteiger partial charge in [0.2, 0.25) is 0 Å². The van der Waals surface area contributed by atoms with Gasteiger partial charge in [0.05, 0.1) is 0 Å². The number of allylic oxidation sites excluding steroid dienone is 1. The molecule has 0 bridgehead atoms. The molecule has 2 aromatic rings. The van der Waals surface area contributed by atoms with E-state index in [-0.39, 0.29) is 0 Å². The van der Waals surface area contributed by atoms with Gasteiger partial charge in [0.15, 0.2) is 0 Å². The van der Waals surface area contributed by atoms with Crippen molar-refractivity contribution in [2.75, 3.05) is 18.0 Å². The van der Waals surface area contributed by atoms with Gasteiger partial charge in [0.1, 0.15) is 0 Å². The van der Waals surface area contributed by atoms with Crippen molar-refractivity contribution in [3.63, 3.8) is 0 Å². The highest BCUT2D eigenvalue weighted by Gasteiger charge is 2.15. The molecule has 1 nitrogen and oxygen atoms in total. The normalized spacial score (nSPS) is 17.0. The lowest BCUT2D eigenvalue weighted by molar-refractivity contribution is 0.949. The standard InChI is InChI=1S/C20H21N/c1-15-13-17-5-4-6-19(20(17)14-15)16-7-9-18(10-8-16)21-11-2-3-12-21/h4-10,14H,2-3,11-13H2,1H3. The van der Waals surface area contributed by atoms with Crippen LogP contribution in [0.1, 0.15) is 30.9 Å². The van der Waals surface area contributed by atoms with Crippen LogP contribution in [0.15, 0.2) is 48.0 Å². The largest absolute Gasteiger partial charge is 0.372 e. The number of hydrogen-bond acceptors (Lipinski definition) is 1. The van der Waals surface area contributed by atoms with Gasteiger partial charge in [-0.05, 0) is 60.6 Å². The number of anilines is 1. The Bertz CT molecular complexity index is 688. The molecule has 2 aromatic carbocycles. The molecule has 0 N–H and O–H groups in total. The van der Waals surface area contributed by atoms with E-state index in [0.29, 0.717) is 0 Å². The van der Waals surface area contributed by atoms with Crippen LogP contribution in [-0.2, 0) is 6.42 Å². The maximum atomic E-state index is 2.49. The molecule has 0 atom stereocenters. The highest BCUT2D eigenvalue weighted by atomic mass is 15.1. The summed E-state index contributed by atoms with van der Waals surface area (Å²) in [6, 6.07) is 15.8. The SMILES string of the molecule is CC1=Cc2c(cccc2-c2ccc(N3CCCC3)cc2)C1. The van der Waals surface area contributed by atoms with Crippen molar-refractivity contribution in [1.82, 2.24) is 0 Å². The van der Waals surface area contributed by atoms with Crippen LogP contribution in [-0.4, -0.2) is 13.1 Å².